The molecule has 0 saturated carbocycles. The van der Waals surface area contributed by atoms with E-state index in [4.69, 9.17) is 14.2 Å². The van der Waals surface area contributed by atoms with Crippen molar-refractivity contribution in [1.82, 2.24) is 0 Å². The molecular formula is C76H134O6. The number of rotatable bonds is 65. The van der Waals surface area contributed by atoms with E-state index in [0.717, 1.165) is 122 Å². The molecular weight excluding hydrogens is 1010 g/mol. The Morgan fingerprint density at radius 3 is 0.744 bits per heavy atom. The van der Waals surface area contributed by atoms with E-state index < -0.39 is 6.10 Å². The summed E-state index contributed by atoms with van der Waals surface area (Å²) in [7, 11) is 0. The lowest BCUT2D eigenvalue weighted by molar-refractivity contribution is -0.167. The van der Waals surface area contributed by atoms with Gasteiger partial charge in [-0.15, -0.1) is 0 Å². The zero-order chi connectivity index (χ0) is 59.2. The van der Waals surface area contributed by atoms with Gasteiger partial charge in [-0.3, -0.25) is 14.4 Å². The highest BCUT2D eigenvalue weighted by molar-refractivity contribution is 5.71. The number of esters is 3. The third kappa shape index (κ3) is 67.4. The van der Waals surface area contributed by atoms with Gasteiger partial charge >= 0.3 is 17.9 Å². The minimum Gasteiger partial charge on any atom is -0.462 e. The SMILES string of the molecule is CC/C=C\C/C=C\C/C=C\C/C=C\CCCCCCCCCCCCCCCCCCC(=O)OCC(COC(=O)CCCCCCC/C=C\C/C=C\C/C=C\CC)OC(=O)CCCCCCCCCCCCCCCCCCCCCC. The van der Waals surface area contributed by atoms with Crippen molar-refractivity contribution >= 4 is 17.9 Å². The summed E-state index contributed by atoms with van der Waals surface area (Å²) in [5.74, 6) is -0.873. The number of hydrogen-bond donors (Lipinski definition) is 0. The molecule has 0 saturated heterocycles. The second-order valence-corrected chi connectivity index (χ2v) is 23.7. The normalized spacial score (nSPS) is 12.6. The van der Waals surface area contributed by atoms with E-state index in [1.807, 2.05) is 0 Å². The fraction of sp³-hybridized carbons (Fsp3) is 0.776. The molecule has 0 N–H and O–H groups in total. The first-order valence-electron chi connectivity index (χ1n) is 35.6. The molecule has 0 aromatic rings. The molecule has 0 heterocycles. The number of allylic oxidation sites excluding steroid dienone is 14. The molecule has 0 aromatic carbocycles. The van der Waals surface area contributed by atoms with Crippen LogP contribution in [0.1, 0.15) is 361 Å². The fourth-order valence-corrected chi connectivity index (χ4v) is 10.4. The maximum atomic E-state index is 13.0. The molecule has 1 unspecified atom stereocenters. The average Bonchev–Trinajstić information content (AvgIpc) is 3.47. The van der Waals surface area contributed by atoms with Gasteiger partial charge in [0.1, 0.15) is 13.2 Å². The van der Waals surface area contributed by atoms with Crippen molar-refractivity contribution in [3.8, 4) is 0 Å². The Hall–Kier alpha value is -3.41. The standard InChI is InChI=1S/C76H134O6/c1-4-7-10-13-16-19-22-25-28-30-32-34-35-36-37-38-39-40-41-42-44-45-48-51-54-57-60-63-66-69-75(78)81-72-73(71-80-74(77)68-65-62-59-56-53-50-47-27-24-21-18-15-12-9-6-3)82-76(79)70-67-64-61-58-55-52-49-46-43-33-31-29-26-23-20-17-14-11-8-5-2/h7,9-10,12,16,18-19,21,25,27-28,32,34,47,73H,4-6,8,11,13-15,17,20,22-24,26,29-31,33,35-46,48-72H2,1-3H3/b10-7-,12-9-,19-16-,21-18-,28-25-,34-32-,47-27-. The number of hydrogen-bond acceptors (Lipinski definition) is 6. The third-order valence-corrected chi connectivity index (χ3v) is 15.6. The molecule has 0 aromatic heterocycles. The van der Waals surface area contributed by atoms with E-state index in [1.165, 1.54) is 199 Å². The maximum Gasteiger partial charge on any atom is 0.306 e. The van der Waals surface area contributed by atoms with Gasteiger partial charge < -0.3 is 14.2 Å². The molecule has 0 aliphatic heterocycles. The van der Waals surface area contributed by atoms with E-state index in [-0.39, 0.29) is 31.1 Å². The summed E-state index contributed by atoms with van der Waals surface area (Å²) in [6.45, 7) is 6.46. The Labute approximate surface area is 509 Å². The Morgan fingerprint density at radius 2 is 0.476 bits per heavy atom. The second-order valence-electron chi connectivity index (χ2n) is 23.7. The van der Waals surface area contributed by atoms with Crippen LogP contribution in [0.25, 0.3) is 0 Å². The van der Waals surface area contributed by atoms with Crippen LogP contribution in [0.3, 0.4) is 0 Å². The monoisotopic (exact) mass is 1140 g/mol. The first-order chi connectivity index (χ1) is 40.5. The van der Waals surface area contributed by atoms with Gasteiger partial charge in [0.25, 0.3) is 0 Å². The van der Waals surface area contributed by atoms with Crippen molar-refractivity contribution in [2.75, 3.05) is 13.2 Å². The zero-order valence-electron chi connectivity index (χ0n) is 54.5. The van der Waals surface area contributed by atoms with Gasteiger partial charge in [0.2, 0.25) is 0 Å². The van der Waals surface area contributed by atoms with E-state index in [0.29, 0.717) is 19.3 Å². The lowest BCUT2D eigenvalue weighted by Gasteiger charge is -2.18. The first kappa shape index (κ1) is 78.6. The molecule has 82 heavy (non-hydrogen) atoms. The molecule has 0 aliphatic rings. The summed E-state index contributed by atoms with van der Waals surface area (Å²) < 4.78 is 17.0. The number of carbonyl (C=O) groups excluding carboxylic acids is 3. The smallest absolute Gasteiger partial charge is 0.306 e. The van der Waals surface area contributed by atoms with Crippen LogP contribution >= 0.6 is 0 Å². The minimum absolute atomic E-state index is 0.0775. The van der Waals surface area contributed by atoms with Crippen LogP contribution in [0, 0.1) is 0 Å². The lowest BCUT2D eigenvalue weighted by atomic mass is 10.0. The Bertz CT molecular complexity index is 1550. The van der Waals surface area contributed by atoms with Crippen molar-refractivity contribution in [3.05, 3.63) is 85.1 Å². The summed E-state index contributed by atoms with van der Waals surface area (Å²) in [6.07, 6.45) is 93.3. The molecule has 0 spiro atoms. The Balaban J connectivity index is 4.25. The number of ether oxygens (including phenoxy) is 3. The van der Waals surface area contributed by atoms with Crippen LogP contribution < -0.4 is 0 Å². The Kier molecular flexibility index (Phi) is 67.2. The summed E-state index contributed by atoms with van der Waals surface area (Å²) in [6, 6.07) is 0. The van der Waals surface area contributed by atoms with E-state index in [2.05, 4.69) is 106 Å². The summed E-state index contributed by atoms with van der Waals surface area (Å²) in [4.78, 5) is 38.5. The van der Waals surface area contributed by atoms with Crippen molar-refractivity contribution in [2.45, 2.75) is 367 Å². The topological polar surface area (TPSA) is 78.9 Å². The van der Waals surface area contributed by atoms with Gasteiger partial charge in [0, 0.05) is 19.3 Å². The van der Waals surface area contributed by atoms with Crippen LogP contribution in [0.5, 0.6) is 0 Å². The quantitative estimate of drug-likeness (QED) is 0.0261. The molecule has 1 atom stereocenters. The molecule has 6 heteroatoms. The van der Waals surface area contributed by atoms with Gasteiger partial charge in [-0.1, -0.05) is 337 Å². The third-order valence-electron chi connectivity index (χ3n) is 15.6. The van der Waals surface area contributed by atoms with Crippen molar-refractivity contribution < 1.29 is 28.6 Å². The van der Waals surface area contributed by atoms with Gasteiger partial charge in [-0.05, 0) is 89.9 Å². The molecule has 0 fully saturated rings. The summed E-state index contributed by atoms with van der Waals surface area (Å²) >= 11 is 0. The molecule has 0 radical (unpaired) electrons. The average molecular weight is 1140 g/mol. The van der Waals surface area contributed by atoms with Crippen LogP contribution in [0.2, 0.25) is 0 Å². The van der Waals surface area contributed by atoms with Gasteiger partial charge in [-0.2, -0.15) is 0 Å². The van der Waals surface area contributed by atoms with Crippen molar-refractivity contribution in [1.29, 1.82) is 0 Å². The molecule has 0 aliphatic carbocycles. The second kappa shape index (κ2) is 70.1. The first-order valence-corrected chi connectivity index (χ1v) is 35.6. The molecule has 474 valence electrons. The van der Waals surface area contributed by atoms with Gasteiger partial charge in [-0.25, -0.2) is 0 Å². The highest BCUT2D eigenvalue weighted by atomic mass is 16.6. The Morgan fingerprint density at radius 1 is 0.256 bits per heavy atom. The predicted octanol–water partition coefficient (Wildman–Crippen LogP) is 24.6. The molecule has 0 amide bonds. The fourth-order valence-electron chi connectivity index (χ4n) is 10.4. The largest absolute Gasteiger partial charge is 0.462 e. The van der Waals surface area contributed by atoms with Crippen molar-refractivity contribution in [2.24, 2.45) is 0 Å². The summed E-state index contributed by atoms with van der Waals surface area (Å²) in [5, 5.41) is 0. The zero-order valence-corrected chi connectivity index (χ0v) is 54.5. The predicted molar refractivity (Wildman–Crippen MR) is 358 cm³/mol. The summed E-state index contributed by atoms with van der Waals surface area (Å²) in [5.41, 5.74) is 0. The van der Waals surface area contributed by atoms with E-state index in [1.54, 1.807) is 0 Å². The van der Waals surface area contributed by atoms with E-state index in [9.17, 15) is 14.4 Å². The molecule has 6 nitrogen and oxygen atoms in total. The van der Waals surface area contributed by atoms with Crippen LogP contribution in [-0.2, 0) is 28.6 Å². The minimum atomic E-state index is -0.783. The van der Waals surface area contributed by atoms with Crippen molar-refractivity contribution in [3.63, 3.8) is 0 Å². The number of unbranched alkanes of at least 4 members (excludes halogenated alkanes) is 40. The number of carbonyl (C=O) groups is 3. The van der Waals surface area contributed by atoms with E-state index >= 15 is 0 Å². The highest BCUT2D eigenvalue weighted by Gasteiger charge is 2.19. The lowest BCUT2D eigenvalue weighted by Crippen LogP contribution is -2.30. The van der Waals surface area contributed by atoms with Gasteiger partial charge in [0.15, 0.2) is 6.10 Å². The van der Waals surface area contributed by atoms with Crippen LogP contribution in [-0.4, -0.2) is 37.2 Å². The van der Waals surface area contributed by atoms with Gasteiger partial charge in [0.05, 0.1) is 0 Å². The van der Waals surface area contributed by atoms with Crippen LogP contribution in [0.15, 0.2) is 85.1 Å². The maximum absolute atomic E-state index is 13.0. The van der Waals surface area contributed by atoms with Crippen LogP contribution in [0.4, 0.5) is 0 Å². The highest BCUT2D eigenvalue weighted by Crippen LogP contribution is 2.18. The molecule has 0 rings (SSSR count). The molecule has 0 bridgehead atoms.